The van der Waals surface area contributed by atoms with Crippen LogP contribution in [0.5, 0.6) is 5.75 Å². The first-order chi connectivity index (χ1) is 14.9. The number of para-hydroxylation sites is 2. The first kappa shape index (κ1) is 19.4. The first-order valence-corrected chi connectivity index (χ1v) is 10.2. The molecule has 5 rings (SSSR count). The highest BCUT2D eigenvalue weighted by Crippen LogP contribution is 2.39. The van der Waals surface area contributed by atoms with Crippen molar-refractivity contribution in [3.8, 4) is 5.75 Å². The molecule has 3 heterocycles. The molecule has 3 amide bonds. The number of rotatable bonds is 3. The Morgan fingerprint density at radius 1 is 1.10 bits per heavy atom. The zero-order valence-electron chi connectivity index (χ0n) is 16.9. The number of hydrogen-bond acceptors (Lipinski definition) is 6. The van der Waals surface area contributed by atoms with E-state index < -0.39 is 18.2 Å². The number of urea groups is 1. The van der Waals surface area contributed by atoms with Gasteiger partial charge in [-0.15, -0.1) is 0 Å². The van der Waals surface area contributed by atoms with Gasteiger partial charge in [-0.25, -0.2) is 9.79 Å². The summed E-state index contributed by atoms with van der Waals surface area (Å²) in [6.45, 7) is 2.04. The summed E-state index contributed by atoms with van der Waals surface area (Å²) in [4.78, 5) is 37.4. The monoisotopic (exact) mass is 437 g/mol. The Kier molecular flexibility index (Phi) is 4.40. The number of guanidine groups is 1. The number of likely N-dealkylation sites (N-methyl/N-ethyl adjacent to an activating group) is 1. The van der Waals surface area contributed by atoms with E-state index in [4.69, 9.17) is 16.6 Å². The summed E-state index contributed by atoms with van der Waals surface area (Å²) >= 11 is 5.95. The molecule has 1 fully saturated rings. The van der Waals surface area contributed by atoms with Crippen molar-refractivity contribution in [2.24, 2.45) is 4.99 Å². The number of phenols is 1. The maximum absolute atomic E-state index is 13.4. The average Bonchev–Trinajstić information content (AvgIpc) is 3.26. The second-order valence-electron chi connectivity index (χ2n) is 7.73. The predicted octanol–water partition coefficient (Wildman–Crippen LogP) is 3.19. The van der Waals surface area contributed by atoms with Crippen molar-refractivity contribution in [3.63, 3.8) is 0 Å². The highest BCUT2D eigenvalue weighted by molar-refractivity contribution is 6.30. The highest BCUT2D eigenvalue weighted by atomic mass is 35.5. The third-order valence-electron chi connectivity index (χ3n) is 5.76. The molecule has 3 aliphatic rings. The molecule has 0 bridgehead atoms. The van der Waals surface area contributed by atoms with Crippen LogP contribution < -0.4 is 4.90 Å². The van der Waals surface area contributed by atoms with E-state index in [-0.39, 0.29) is 18.2 Å². The van der Waals surface area contributed by atoms with Gasteiger partial charge in [0.1, 0.15) is 5.75 Å². The molecule has 3 aliphatic heterocycles. The number of benzene rings is 2. The number of imide groups is 1. The number of halogens is 1. The van der Waals surface area contributed by atoms with Crippen LogP contribution in [0, 0.1) is 0 Å². The van der Waals surface area contributed by atoms with Gasteiger partial charge in [0.2, 0.25) is 5.96 Å². The van der Waals surface area contributed by atoms with Crippen molar-refractivity contribution in [2.75, 3.05) is 11.9 Å². The van der Waals surface area contributed by atoms with Gasteiger partial charge in [0, 0.05) is 24.0 Å². The fourth-order valence-electron chi connectivity index (χ4n) is 4.22. The normalized spacial score (nSPS) is 22.5. The molecule has 1 saturated heterocycles. The lowest BCUT2D eigenvalue weighted by Gasteiger charge is -2.40. The molecule has 158 valence electrons. The lowest BCUT2D eigenvalue weighted by molar-refractivity contribution is -0.137. The Morgan fingerprint density at radius 2 is 1.81 bits per heavy atom. The minimum atomic E-state index is -0.671. The summed E-state index contributed by atoms with van der Waals surface area (Å²) in [6, 6.07) is 12.9. The highest BCUT2D eigenvalue weighted by Gasteiger charge is 2.54. The third-order valence-corrected chi connectivity index (χ3v) is 6.02. The van der Waals surface area contributed by atoms with Gasteiger partial charge in [-0.3, -0.25) is 14.6 Å². The van der Waals surface area contributed by atoms with Crippen molar-refractivity contribution in [2.45, 2.75) is 25.7 Å². The lowest BCUT2D eigenvalue weighted by atomic mass is 10.1. The van der Waals surface area contributed by atoms with Crippen LogP contribution in [0.15, 0.2) is 65.4 Å². The number of hydrogen-bond donors (Lipinski definition) is 1. The smallest absolute Gasteiger partial charge is 0.328 e. The van der Waals surface area contributed by atoms with Gasteiger partial charge in [-0.2, -0.15) is 0 Å². The minimum absolute atomic E-state index is 0.106. The molecule has 0 saturated carbocycles. The van der Waals surface area contributed by atoms with Crippen molar-refractivity contribution in [1.82, 2.24) is 14.7 Å². The van der Waals surface area contributed by atoms with E-state index in [1.165, 1.54) is 9.80 Å². The predicted molar refractivity (Wildman–Crippen MR) is 116 cm³/mol. The zero-order chi connectivity index (χ0) is 21.9. The number of aliphatic imine (C=N–C) groups is 1. The Labute approximate surface area is 184 Å². The average molecular weight is 438 g/mol. The molecule has 8 nitrogen and oxygen atoms in total. The second-order valence-corrected chi connectivity index (χ2v) is 8.17. The van der Waals surface area contributed by atoms with Gasteiger partial charge in [0.15, 0.2) is 12.2 Å². The maximum Gasteiger partial charge on any atom is 0.328 e. The van der Waals surface area contributed by atoms with Crippen LogP contribution in [0.2, 0.25) is 5.02 Å². The summed E-state index contributed by atoms with van der Waals surface area (Å²) in [6.07, 6.45) is 1.19. The van der Waals surface area contributed by atoms with E-state index in [0.717, 1.165) is 11.3 Å². The fourth-order valence-corrected chi connectivity index (χ4v) is 4.35. The largest absolute Gasteiger partial charge is 0.506 e. The molecule has 2 atom stereocenters. The van der Waals surface area contributed by atoms with E-state index in [1.54, 1.807) is 59.3 Å². The Bertz CT molecular complexity index is 1150. The Balaban J connectivity index is 1.48. The molecule has 0 radical (unpaired) electrons. The molecular weight excluding hydrogens is 418 g/mol. The molecule has 0 spiro atoms. The topological polar surface area (TPSA) is 79.7 Å². The second kappa shape index (κ2) is 7.02. The van der Waals surface area contributed by atoms with Gasteiger partial charge in [0.05, 0.1) is 12.2 Å². The molecule has 9 heteroatoms. The number of carbonyl (C=O) groups excluding carboxylic acids is 2. The lowest BCUT2D eigenvalue weighted by Crippen LogP contribution is -2.63. The van der Waals surface area contributed by atoms with Gasteiger partial charge in [0.25, 0.3) is 5.91 Å². The maximum atomic E-state index is 13.4. The molecular formula is C22H20ClN5O3. The van der Waals surface area contributed by atoms with Crippen LogP contribution in [0.1, 0.15) is 12.5 Å². The standard InChI is InChI=1S/C22H20ClN5O3/c1-13-11-26-18-19(24-21(26)28(13)16-5-3-4-6-17(16)29)25(2)22(31)27(20(18)30)12-14-7-9-15(23)10-8-14/h3-11,18-19,29H,12H2,1-2H3. The van der Waals surface area contributed by atoms with E-state index in [1.807, 2.05) is 19.2 Å². The third kappa shape index (κ3) is 2.94. The Hall–Kier alpha value is -3.52. The van der Waals surface area contributed by atoms with Crippen LogP contribution in [0.3, 0.4) is 0 Å². The fraction of sp³-hybridized carbons (Fsp3) is 0.227. The number of allylic oxidation sites excluding steroid dienone is 1. The van der Waals surface area contributed by atoms with E-state index in [9.17, 15) is 14.7 Å². The number of fused-ring (bicyclic) bond motifs is 3. The van der Waals surface area contributed by atoms with Crippen molar-refractivity contribution >= 4 is 35.2 Å². The number of carbonyl (C=O) groups is 2. The number of anilines is 1. The number of phenolic OH excluding ortho intramolecular Hbond substituents is 1. The first-order valence-electron chi connectivity index (χ1n) is 9.82. The van der Waals surface area contributed by atoms with Crippen molar-refractivity contribution in [3.05, 3.63) is 71.0 Å². The van der Waals surface area contributed by atoms with E-state index in [0.29, 0.717) is 16.7 Å². The van der Waals surface area contributed by atoms with Crippen LogP contribution in [-0.2, 0) is 11.3 Å². The summed E-state index contributed by atoms with van der Waals surface area (Å²) in [5, 5.41) is 10.9. The summed E-state index contributed by atoms with van der Waals surface area (Å²) in [7, 11) is 1.65. The van der Waals surface area contributed by atoms with E-state index >= 15 is 0 Å². The number of nitrogens with zero attached hydrogens (tertiary/aromatic N) is 5. The van der Waals surface area contributed by atoms with Crippen LogP contribution >= 0.6 is 11.6 Å². The van der Waals surface area contributed by atoms with Crippen LogP contribution in [0.25, 0.3) is 0 Å². The molecule has 31 heavy (non-hydrogen) atoms. The molecule has 2 unspecified atom stereocenters. The molecule has 0 aliphatic carbocycles. The van der Waals surface area contributed by atoms with Crippen molar-refractivity contribution < 1.29 is 14.7 Å². The van der Waals surface area contributed by atoms with Gasteiger partial charge >= 0.3 is 6.03 Å². The minimum Gasteiger partial charge on any atom is -0.506 e. The quantitative estimate of drug-likeness (QED) is 0.797. The van der Waals surface area contributed by atoms with Crippen LogP contribution in [0.4, 0.5) is 10.5 Å². The summed E-state index contributed by atoms with van der Waals surface area (Å²) < 4.78 is 0. The van der Waals surface area contributed by atoms with Gasteiger partial charge < -0.3 is 14.9 Å². The number of aromatic hydroxyl groups is 1. The van der Waals surface area contributed by atoms with Gasteiger partial charge in [-0.1, -0.05) is 35.9 Å². The molecule has 1 N–H and O–H groups in total. The van der Waals surface area contributed by atoms with Gasteiger partial charge in [-0.05, 0) is 36.8 Å². The van der Waals surface area contributed by atoms with E-state index in [2.05, 4.69) is 0 Å². The van der Waals surface area contributed by atoms with Crippen molar-refractivity contribution in [1.29, 1.82) is 0 Å². The summed E-state index contributed by atoms with van der Waals surface area (Å²) in [5.74, 6) is 0.301. The zero-order valence-corrected chi connectivity index (χ0v) is 17.7. The molecule has 2 aromatic carbocycles. The number of amides is 3. The molecule has 0 aromatic heterocycles. The molecule has 2 aromatic rings. The Morgan fingerprint density at radius 3 is 2.52 bits per heavy atom. The summed E-state index contributed by atoms with van der Waals surface area (Å²) in [5.41, 5.74) is 2.19. The SMILES string of the molecule is CC1=CN2C(=NC3C2C(=O)N(Cc2ccc(Cl)cc2)C(=O)N3C)N1c1ccccc1O. The van der Waals surface area contributed by atoms with Crippen LogP contribution in [-0.4, -0.2) is 57.0 Å².